The quantitative estimate of drug-likeness (QED) is 0.135. The average Bonchev–Trinajstić information content (AvgIpc) is 3.08. The molecule has 0 aliphatic rings. The first-order valence-electron chi connectivity index (χ1n) is 13.9. The molecule has 4 heteroatoms. The molecule has 2 heterocycles. The average molecular weight is 728 g/mol. The van der Waals surface area contributed by atoms with Crippen molar-refractivity contribution in [2.75, 3.05) is 0 Å². The van der Waals surface area contributed by atoms with Crippen LogP contribution in [0.25, 0.3) is 66.2 Å². The van der Waals surface area contributed by atoms with E-state index in [-0.39, 0.29) is 20.1 Å². The van der Waals surface area contributed by atoms with Crippen LogP contribution in [0.1, 0.15) is 0 Å². The summed E-state index contributed by atoms with van der Waals surface area (Å²) in [7, 11) is 0. The van der Waals surface area contributed by atoms with Crippen molar-refractivity contribution in [3.05, 3.63) is 164 Å². The Labute approximate surface area is 264 Å². The van der Waals surface area contributed by atoms with Gasteiger partial charge in [-0.15, -0.1) is 65.0 Å². The van der Waals surface area contributed by atoms with Crippen molar-refractivity contribution >= 4 is 32.4 Å². The summed E-state index contributed by atoms with van der Waals surface area (Å²) in [4.78, 5) is 13.6. The molecule has 8 aromatic rings. The number of rotatable bonds is 3. The third-order valence-electron chi connectivity index (χ3n) is 7.24. The van der Waals surface area contributed by atoms with Crippen molar-refractivity contribution in [1.29, 1.82) is 0 Å². The molecule has 0 bridgehead atoms. The molecule has 43 heavy (non-hydrogen) atoms. The van der Waals surface area contributed by atoms with Crippen LogP contribution < -0.4 is 0 Å². The Bertz CT molecular complexity index is 2140. The SMILES string of the molecule is [Ir].[c-]1ccc2ccccc2c1-c1cc(-c2ccccc2)ccn1.[c-]1ccccc1-c1ncc2cc3ccccc3cc2n1. The molecule has 8 rings (SSSR count). The van der Waals surface area contributed by atoms with E-state index in [4.69, 9.17) is 0 Å². The van der Waals surface area contributed by atoms with Crippen molar-refractivity contribution in [2.45, 2.75) is 0 Å². The molecule has 0 aliphatic carbocycles. The molecule has 0 unspecified atom stereocenters. The van der Waals surface area contributed by atoms with Crippen LogP contribution in [0, 0.1) is 12.1 Å². The zero-order valence-corrected chi connectivity index (χ0v) is 25.5. The van der Waals surface area contributed by atoms with Crippen LogP contribution in [0.5, 0.6) is 0 Å². The Kier molecular flexibility index (Phi) is 8.42. The van der Waals surface area contributed by atoms with Crippen LogP contribution in [0.3, 0.4) is 0 Å². The van der Waals surface area contributed by atoms with Gasteiger partial charge in [-0.3, -0.25) is 9.97 Å². The molecule has 2 aromatic heterocycles. The Morgan fingerprint density at radius 3 is 2.07 bits per heavy atom. The first-order chi connectivity index (χ1) is 20.8. The zero-order chi connectivity index (χ0) is 28.1. The molecule has 0 saturated heterocycles. The van der Waals surface area contributed by atoms with Crippen LogP contribution in [0.15, 0.2) is 152 Å². The summed E-state index contributed by atoms with van der Waals surface area (Å²) in [5.74, 6) is 0.716. The smallest absolute Gasteiger partial charge is 0.0755 e. The summed E-state index contributed by atoms with van der Waals surface area (Å²) in [5, 5.41) is 5.86. The predicted octanol–water partition coefficient (Wildman–Crippen LogP) is 9.62. The van der Waals surface area contributed by atoms with Crippen molar-refractivity contribution in [2.24, 2.45) is 0 Å². The Morgan fingerprint density at radius 2 is 1.26 bits per heavy atom. The van der Waals surface area contributed by atoms with Crippen molar-refractivity contribution < 1.29 is 20.1 Å². The maximum atomic E-state index is 4.65. The summed E-state index contributed by atoms with van der Waals surface area (Å²) in [6.07, 6.45) is 3.75. The molecular formula is C39H25IrN3-2. The van der Waals surface area contributed by atoms with Crippen molar-refractivity contribution in [3.8, 4) is 33.8 Å². The Hall–Kier alpha value is -5.02. The van der Waals surface area contributed by atoms with Gasteiger partial charge in [0.15, 0.2) is 0 Å². The molecule has 0 saturated carbocycles. The minimum atomic E-state index is 0. The fraction of sp³-hybridized carbons (Fsp3) is 0. The Balaban J connectivity index is 0.000000150. The second-order valence-corrected chi connectivity index (χ2v) is 9.96. The van der Waals surface area contributed by atoms with Gasteiger partial charge in [0.25, 0.3) is 0 Å². The minimum Gasteiger partial charge on any atom is -0.305 e. The van der Waals surface area contributed by atoms with Crippen molar-refractivity contribution in [1.82, 2.24) is 15.0 Å². The summed E-state index contributed by atoms with van der Waals surface area (Å²) < 4.78 is 0. The summed E-state index contributed by atoms with van der Waals surface area (Å²) >= 11 is 0. The number of fused-ring (bicyclic) bond motifs is 3. The van der Waals surface area contributed by atoms with E-state index in [0.29, 0.717) is 5.82 Å². The maximum Gasteiger partial charge on any atom is 0.0755 e. The molecule has 0 spiro atoms. The van der Waals surface area contributed by atoms with E-state index in [9.17, 15) is 0 Å². The largest absolute Gasteiger partial charge is 0.305 e. The first-order valence-corrected chi connectivity index (χ1v) is 13.9. The van der Waals surface area contributed by atoms with Crippen LogP contribution in [-0.2, 0) is 20.1 Å². The fourth-order valence-corrected chi connectivity index (χ4v) is 5.13. The third kappa shape index (κ3) is 6.12. The number of hydrogen-bond acceptors (Lipinski definition) is 3. The number of nitrogens with zero attached hydrogens (tertiary/aromatic N) is 3. The van der Waals surface area contributed by atoms with Crippen LogP contribution in [0.2, 0.25) is 0 Å². The van der Waals surface area contributed by atoms with Gasteiger partial charge in [0.1, 0.15) is 0 Å². The van der Waals surface area contributed by atoms with Crippen LogP contribution in [0.4, 0.5) is 0 Å². The molecule has 0 amide bonds. The van der Waals surface area contributed by atoms with Gasteiger partial charge in [0, 0.05) is 37.9 Å². The molecular weight excluding hydrogens is 703 g/mol. The molecule has 3 nitrogen and oxygen atoms in total. The van der Waals surface area contributed by atoms with E-state index in [0.717, 1.165) is 27.7 Å². The normalized spacial score (nSPS) is 10.6. The van der Waals surface area contributed by atoms with E-state index < -0.39 is 0 Å². The van der Waals surface area contributed by atoms with Gasteiger partial charge in [-0.1, -0.05) is 90.3 Å². The van der Waals surface area contributed by atoms with Gasteiger partial charge in [-0.05, 0) is 45.8 Å². The molecule has 0 N–H and O–H groups in total. The Morgan fingerprint density at radius 1 is 0.512 bits per heavy atom. The molecule has 0 atom stereocenters. The minimum absolute atomic E-state index is 0. The molecule has 0 fully saturated rings. The number of hydrogen-bond donors (Lipinski definition) is 0. The second-order valence-electron chi connectivity index (χ2n) is 9.96. The van der Waals surface area contributed by atoms with Gasteiger partial charge in [-0.2, -0.15) is 0 Å². The summed E-state index contributed by atoms with van der Waals surface area (Å²) in [6.45, 7) is 0. The van der Waals surface area contributed by atoms with Crippen molar-refractivity contribution in [3.63, 3.8) is 0 Å². The van der Waals surface area contributed by atoms with Gasteiger partial charge in [-0.25, -0.2) is 0 Å². The third-order valence-corrected chi connectivity index (χ3v) is 7.24. The second kappa shape index (κ2) is 12.9. The number of aromatic nitrogens is 3. The molecule has 207 valence electrons. The van der Waals surface area contributed by atoms with Gasteiger partial charge in [0.2, 0.25) is 0 Å². The summed E-state index contributed by atoms with van der Waals surface area (Å²) in [6, 6.07) is 53.8. The first kappa shape index (κ1) is 28.1. The van der Waals surface area contributed by atoms with Gasteiger partial charge < -0.3 is 4.98 Å². The molecule has 1 radical (unpaired) electrons. The van der Waals surface area contributed by atoms with E-state index in [1.165, 1.54) is 32.7 Å². The van der Waals surface area contributed by atoms with E-state index >= 15 is 0 Å². The van der Waals surface area contributed by atoms with Gasteiger partial charge in [0.05, 0.1) is 11.3 Å². The fourth-order valence-electron chi connectivity index (χ4n) is 5.13. The molecule has 0 aliphatic heterocycles. The maximum absolute atomic E-state index is 4.65. The molecule has 6 aromatic carbocycles. The van der Waals surface area contributed by atoms with E-state index in [1.54, 1.807) is 0 Å². The monoisotopic (exact) mass is 728 g/mol. The number of benzene rings is 6. The summed E-state index contributed by atoms with van der Waals surface area (Å²) in [5.41, 5.74) is 6.26. The number of pyridine rings is 1. The van der Waals surface area contributed by atoms with Crippen LogP contribution in [-0.4, -0.2) is 15.0 Å². The topological polar surface area (TPSA) is 38.7 Å². The standard InChI is InChI=1S/C21H14N.C18H11N2.Ir/c1-2-7-16(8-3-1)18-13-14-22-21(15-18)20-12-6-10-17-9-4-5-11-19(17)20;1-2-6-13(7-3-1)18-19-12-16-10-14-8-4-5-9-15(14)11-17(16)20-18;/h1-11,13-15H;1-6,8-12H;/q2*-1;. The van der Waals surface area contributed by atoms with Gasteiger partial charge >= 0.3 is 0 Å². The van der Waals surface area contributed by atoms with E-state index in [1.807, 2.05) is 67.0 Å². The zero-order valence-electron chi connectivity index (χ0n) is 23.1. The van der Waals surface area contributed by atoms with Crippen LogP contribution >= 0.6 is 0 Å². The predicted molar refractivity (Wildman–Crippen MR) is 173 cm³/mol. The van der Waals surface area contributed by atoms with E-state index in [2.05, 4.69) is 112 Å².